The molecule has 1 atom stereocenters. The molecule has 0 aliphatic heterocycles. The third kappa shape index (κ3) is 4.49. The molecule has 0 aliphatic carbocycles. The van der Waals surface area contributed by atoms with Gasteiger partial charge in [0, 0.05) is 13.7 Å². The van der Waals surface area contributed by atoms with Gasteiger partial charge in [-0.3, -0.25) is 4.79 Å². The van der Waals surface area contributed by atoms with E-state index >= 15 is 0 Å². The van der Waals surface area contributed by atoms with Gasteiger partial charge in [-0.2, -0.15) is 0 Å². The number of hydrogen-bond donors (Lipinski definition) is 2. The largest absolute Gasteiger partial charge is 0.495 e. The lowest BCUT2D eigenvalue weighted by molar-refractivity contribution is -0.130. The van der Waals surface area contributed by atoms with Gasteiger partial charge in [0.15, 0.2) is 0 Å². The Balaban J connectivity index is 2.04. The van der Waals surface area contributed by atoms with E-state index in [1.807, 2.05) is 54.6 Å². The maximum atomic E-state index is 12.5. The van der Waals surface area contributed by atoms with Crippen molar-refractivity contribution in [3.05, 3.63) is 60.2 Å². The van der Waals surface area contributed by atoms with E-state index in [-0.39, 0.29) is 25.1 Å². The molecule has 0 fully saturated rings. The Morgan fingerprint density at radius 3 is 2.50 bits per heavy atom. The minimum absolute atomic E-state index is 0.0249. The van der Waals surface area contributed by atoms with E-state index in [0.29, 0.717) is 12.2 Å². The van der Waals surface area contributed by atoms with E-state index in [1.54, 1.807) is 19.1 Å². The molecule has 0 aromatic heterocycles. The number of para-hydroxylation sites is 2. The lowest BCUT2D eigenvalue weighted by atomic mass is 10.0. The van der Waals surface area contributed by atoms with Crippen molar-refractivity contribution >= 4 is 11.6 Å². The van der Waals surface area contributed by atoms with Crippen molar-refractivity contribution in [2.45, 2.75) is 12.5 Å². The smallest absolute Gasteiger partial charge is 0.242 e. The monoisotopic (exact) mass is 328 g/mol. The number of nitrogens with one attached hydrogen (secondary N) is 1. The Morgan fingerprint density at radius 1 is 1.17 bits per heavy atom. The van der Waals surface area contributed by atoms with Crippen molar-refractivity contribution in [2.75, 3.05) is 32.6 Å². The second-order valence-electron chi connectivity index (χ2n) is 5.50. The molecule has 2 aromatic carbocycles. The second kappa shape index (κ2) is 8.93. The first-order chi connectivity index (χ1) is 11.7. The Morgan fingerprint density at radius 2 is 1.83 bits per heavy atom. The number of amides is 1. The maximum Gasteiger partial charge on any atom is 0.242 e. The van der Waals surface area contributed by atoms with Gasteiger partial charge in [-0.25, -0.2) is 0 Å². The summed E-state index contributed by atoms with van der Waals surface area (Å²) in [5, 5.41) is 12.4. The average molecular weight is 328 g/mol. The number of benzene rings is 2. The van der Waals surface area contributed by atoms with E-state index in [4.69, 9.17) is 4.74 Å². The molecule has 5 heteroatoms. The van der Waals surface area contributed by atoms with Gasteiger partial charge < -0.3 is 20.1 Å². The fourth-order valence-corrected chi connectivity index (χ4v) is 2.64. The van der Waals surface area contributed by atoms with Crippen molar-refractivity contribution in [1.82, 2.24) is 4.90 Å². The molecule has 2 rings (SSSR count). The molecule has 2 N–H and O–H groups in total. The average Bonchev–Trinajstić information content (AvgIpc) is 2.64. The zero-order chi connectivity index (χ0) is 17.4. The van der Waals surface area contributed by atoms with Crippen molar-refractivity contribution in [3.63, 3.8) is 0 Å². The molecule has 1 amide bonds. The molecule has 5 nitrogen and oxygen atoms in total. The fraction of sp³-hybridized carbons (Fsp3) is 0.316. The van der Waals surface area contributed by atoms with Crippen LogP contribution in [0.1, 0.15) is 18.0 Å². The summed E-state index contributed by atoms with van der Waals surface area (Å²) in [7, 11) is 3.36. The summed E-state index contributed by atoms with van der Waals surface area (Å²) in [6.45, 7) is 0.183. The van der Waals surface area contributed by atoms with Gasteiger partial charge in [0.25, 0.3) is 0 Å². The van der Waals surface area contributed by atoms with E-state index in [0.717, 1.165) is 11.3 Å². The van der Waals surface area contributed by atoms with Crippen LogP contribution in [0.2, 0.25) is 0 Å². The lowest BCUT2D eigenvalue weighted by Gasteiger charge is -2.28. The normalized spacial score (nSPS) is 11.6. The molecule has 1 unspecified atom stereocenters. The minimum atomic E-state index is -0.150. The molecule has 24 heavy (non-hydrogen) atoms. The van der Waals surface area contributed by atoms with E-state index in [9.17, 15) is 9.90 Å². The van der Waals surface area contributed by atoms with Crippen molar-refractivity contribution < 1.29 is 14.6 Å². The van der Waals surface area contributed by atoms with Gasteiger partial charge in [-0.05, 0) is 24.1 Å². The maximum absolute atomic E-state index is 12.5. The number of aliphatic hydroxyl groups excluding tert-OH is 1. The number of aliphatic hydroxyl groups is 1. The highest BCUT2D eigenvalue weighted by Gasteiger charge is 2.21. The molecule has 0 aliphatic rings. The number of carbonyl (C=O) groups excluding carboxylic acids is 1. The molecule has 0 radical (unpaired) electrons. The van der Waals surface area contributed by atoms with Crippen LogP contribution in [0, 0.1) is 0 Å². The summed E-state index contributed by atoms with van der Waals surface area (Å²) < 4.78 is 5.27. The Bertz CT molecular complexity index is 646. The van der Waals surface area contributed by atoms with Gasteiger partial charge in [0.05, 0.1) is 25.4 Å². The molecule has 0 spiro atoms. The van der Waals surface area contributed by atoms with Gasteiger partial charge in [-0.1, -0.05) is 42.5 Å². The number of methoxy groups -OCH3 is 1. The third-order valence-corrected chi connectivity index (χ3v) is 3.98. The molecular formula is C19H24N2O3. The standard InChI is InChI=1S/C19H24N2O3/c1-21(17(12-13-22)15-8-4-3-5-9-15)19(23)14-20-16-10-6-7-11-18(16)24-2/h3-11,17,20,22H,12-14H2,1-2H3. The lowest BCUT2D eigenvalue weighted by Crippen LogP contribution is -2.36. The first kappa shape index (κ1) is 17.8. The highest BCUT2D eigenvalue weighted by Crippen LogP contribution is 2.25. The van der Waals surface area contributed by atoms with Gasteiger partial charge in [0.1, 0.15) is 5.75 Å². The van der Waals surface area contributed by atoms with Crippen LogP contribution in [0.4, 0.5) is 5.69 Å². The van der Waals surface area contributed by atoms with Crippen LogP contribution in [0.25, 0.3) is 0 Å². The van der Waals surface area contributed by atoms with E-state index in [2.05, 4.69) is 5.32 Å². The first-order valence-corrected chi connectivity index (χ1v) is 7.95. The number of carbonyl (C=O) groups is 1. The first-order valence-electron chi connectivity index (χ1n) is 7.95. The quantitative estimate of drug-likeness (QED) is 0.782. The summed E-state index contributed by atoms with van der Waals surface area (Å²) in [6.07, 6.45) is 0.501. The predicted molar refractivity (Wildman–Crippen MR) is 95.1 cm³/mol. The van der Waals surface area contributed by atoms with Gasteiger partial charge >= 0.3 is 0 Å². The van der Waals surface area contributed by atoms with E-state index < -0.39 is 0 Å². The number of rotatable bonds is 8. The zero-order valence-corrected chi connectivity index (χ0v) is 14.1. The molecule has 0 bridgehead atoms. The fourth-order valence-electron chi connectivity index (χ4n) is 2.64. The number of hydrogen-bond acceptors (Lipinski definition) is 4. The summed E-state index contributed by atoms with van der Waals surface area (Å²) in [4.78, 5) is 14.2. The van der Waals surface area contributed by atoms with Gasteiger partial charge in [-0.15, -0.1) is 0 Å². The van der Waals surface area contributed by atoms with Crippen molar-refractivity contribution in [3.8, 4) is 5.75 Å². The van der Waals surface area contributed by atoms with Crippen LogP contribution >= 0.6 is 0 Å². The third-order valence-electron chi connectivity index (χ3n) is 3.98. The zero-order valence-electron chi connectivity index (χ0n) is 14.1. The van der Waals surface area contributed by atoms with Crippen molar-refractivity contribution in [1.29, 1.82) is 0 Å². The number of nitrogens with zero attached hydrogens (tertiary/aromatic N) is 1. The SMILES string of the molecule is COc1ccccc1NCC(=O)N(C)C(CCO)c1ccccc1. The van der Waals surface area contributed by atoms with Crippen molar-refractivity contribution in [2.24, 2.45) is 0 Å². The molecule has 128 valence electrons. The van der Waals surface area contributed by atoms with Crippen LogP contribution in [0.15, 0.2) is 54.6 Å². The predicted octanol–water partition coefficient (Wildman–Crippen LogP) is 2.69. The summed E-state index contributed by atoms with van der Waals surface area (Å²) in [5.41, 5.74) is 1.79. The molecule has 2 aromatic rings. The van der Waals surface area contributed by atoms with Gasteiger partial charge in [0.2, 0.25) is 5.91 Å². The molecular weight excluding hydrogens is 304 g/mol. The molecule has 0 heterocycles. The van der Waals surface area contributed by atoms with Crippen LogP contribution in [-0.2, 0) is 4.79 Å². The number of anilines is 1. The van der Waals surface area contributed by atoms with Crippen LogP contribution in [0.3, 0.4) is 0 Å². The highest BCUT2D eigenvalue weighted by molar-refractivity contribution is 5.81. The Kier molecular flexibility index (Phi) is 6.63. The molecule has 0 saturated carbocycles. The number of ether oxygens (including phenoxy) is 1. The summed E-state index contributed by atoms with van der Waals surface area (Å²) in [5.74, 6) is 0.645. The Hall–Kier alpha value is -2.53. The second-order valence-corrected chi connectivity index (χ2v) is 5.50. The Labute approximate surface area is 142 Å². The number of likely N-dealkylation sites (N-methyl/N-ethyl adjacent to an activating group) is 1. The van der Waals surface area contributed by atoms with E-state index in [1.165, 1.54) is 0 Å². The van der Waals surface area contributed by atoms with Crippen LogP contribution < -0.4 is 10.1 Å². The summed E-state index contributed by atoms with van der Waals surface area (Å²) >= 11 is 0. The van der Waals surface area contributed by atoms with Crippen LogP contribution in [-0.4, -0.2) is 43.2 Å². The topological polar surface area (TPSA) is 61.8 Å². The highest BCUT2D eigenvalue weighted by atomic mass is 16.5. The van der Waals surface area contributed by atoms with Crippen LogP contribution in [0.5, 0.6) is 5.75 Å². The minimum Gasteiger partial charge on any atom is -0.495 e. The molecule has 0 saturated heterocycles. The summed E-state index contributed by atoms with van der Waals surface area (Å²) in [6, 6.07) is 17.1.